The summed E-state index contributed by atoms with van der Waals surface area (Å²) in [6.45, 7) is 0. The average Bonchev–Trinajstić information content (AvgIpc) is 3.15. The SMILES string of the molecule is N#CC(C(=O)c1c(Cl)sc2ccccc12)c1nc2ccccc2[nH]1. The Balaban J connectivity index is 1.84. The summed E-state index contributed by atoms with van der Waals surface area (Å²) in [6, 6.07) is 17.0. The van der Waals surface area contributed by atoms with E-state index in [1.165, 1.54) is 11.3 Å². The molecular weight excluding hydrogens is 342 g/mol. The van der Waals surface area contributed by atoms with Gasteiger partial charge < -0.3 is 4.98 Å². The number of nitriles is 1. The van der Waals surface area contributed by atoms with E-state index in [0.29, 0.717) is 15.7 Å². The number of thiophene rings is 1. The van der Waals surface area contributed by atoms with Crippen molar-refractivity contribution < 1.29 is 4.79 Å². The van der Waals surface area contributed by atoms with Gasteiger partial charge in [-0.1, -0.05) is 41.9 Å². The number of carbonyl (C=O) groups is 1. The summed E-state index contributed by atoms with van der Waals surface area (Å²) in [5.74, 6) is -1.01. The lowest BCUT2D eigenvalue weighted by Gasteiger charge is -2.05. The highest BCUT2D eigenvalue weighted by Gasteiger charge is 2.29. The number of aromatic nitrogens is 2. The summed E-state index contributed by atoms with van der Waals surface area (Å²) in [6.07, 6.45) is 0. The van der Waals surface area contributed by atoms with Crippen LogP contribution in [0.5, 0.6) is 0 Å². The van der Waals surface area contributed by atoms with E-state index in [2.05, 4.69) is 16.0 Å². The lowest BCUT2D eigenvalue weighted by molar-refractivity contribution is 0.0978. The number of ketones is 1. The first-order valence-electron chi connectivity index (χ1n) is 7.24. The Labute approximate surface area is 146 Å². The van der Waals surface area contributed by atoms with Crippen molar-refractivity contribution in [3.8, 4) is 6.07 Å². The van der Waals surface area contributed by atoms with Crippen molar-refractivity contribution in [3.05, 3.63) is 64.3 Å². The molecule has 0 radical (unpaired) electrons. The molecule has 0 saturated carbocycles. The van der Waals surface area contributed by atoms with Gasteiger partial charge in [-0.3, -0.25) is 4.79 Å². The molecule has 0 fully saturated rings. The van der Waals surface area contributed by atoms with Crippen molar-refractivity contribution in [2.75, 3.05) is 0 Å². The van der Waals surface area contributed by atoms with Crippen LogP contribution in [0.3, 0.4) is 0 Å². The van der Waals surface area contributed by atoms with Gasteiger partial charge in [0, 0.05) is 10.1 Å². The van der Waals surface area contributed by atoms with Crippen LogP contribution in [0.25, 0.3) is 21.1 Å². The number of H-pyrrole nitrogens is 1. The van der Waals surface area contributed by atoms with Gasteiger partial charge >= 0.3 is 0 Å². The number of Topliss-reactive ketones (excluding diaryl/α,β-unsaturated/α-hetero) is 1. The van der Waals surface area contributed by atoms with Crippen LogP contribution in [-0.4, -0.2) is 15.8 Å². The van der Waals surface area contributed by atoms with Crippen molar-refractivity contribution in [3.63, 3.8) is 0 Å². The zero-order chi connectivity index (χ0) is 16.7. The fourth-order valence-electron chi connectivity index (χ4n) is 2.74. The molecule has 0 saturated heterocycles. The maximum absolute atomic E-state index is 13.0. The van der Waals surface area contributed by atoms with E-state index < -0.39 is 5.92 Å². The average molecular weight is 352 g/mol. The molecule has 0 aliphatic rings. The van der Waals surface area contributed by atoms with Crippen LogP contribution < -0.4 is 0 Å². The van der Waals surface area contributed by atoms with Crippen LogP contribution in [0.15, 0.2) is 48.5 Å². The van der Waals surface area contributed by atoms with Gasteiger partial charge in [-0.15, -0.1) is 11.3 Å². The van der Waals surface area contributed by atoms with Gasteiger partial charge in [0.2, 0.25) is 0 Å². The number of hydrogen-bond acceptors (Lipinski definition) is 4. The number of nitrogens with zero attached hydrogens (tertiary/aromatic N) is 2. The first-order valence-corrected chi connectivity index (χ1v) is 8.44. The number of rotatable bonds is 3. The first kappa shape index (κ1) is 14.9. The molecule has 0 amide bonds. The highest BCUT2D eigenvalue weighted by Crippen LogP contribution is 2.37. The minimum Gasteiger partial charge on any atom is -0.340 e. The molecule has 1 atom stereocenters. The number of nitrogens with one attached hydrogen (secondary N) is 1. The zero-order valence-electron chi connectivity index (χ0n) is 12.3. The van der Waals surface area contributed by atoms with Crippen molar-refractivity contribution in [2.45, 2.75) is 5.92 Å². The van der Waals surface area contributed by atoms with E-state index in [1.54, 1.807) is 0 Å². The molecule has 4 nitrogen and oxygen atoms in total. The van der Waals surface area contributed by atoms with E-state index in [9.17, 15) is 10.1 Å². The molecule has 2 aromatic heterocycles. The number of benzene rings is 2. The fourth-order valence-corrected chi connectivity index (χ4v) is 4.12. The molecule has 0 bridgehead atoms. The lowest BCUT2D eigenvalue weighted by Crippen LogP contribution is -2.12. The van der Waals surface area contributed by atoms with Gasteiger partial charge in [-0.25, -0.2) is 4.98 Å². The second-order valence-electron chi connectivity index (χ2n) is 5.31. The van der Waals surface area contributed by atoms with E-state index in [0.717, 1.165) is 21.1 Å². The molecule has 2 aromatic carbocycles. The Morgan fingerprint density at radius 2 is 1.96 bits per heavy atom. The summed E-state index contributed by atoms with van der Waals surface area (Å²) in [4.78, 5) is 20.4. The van der Waals surface area contributed by atoms with Crippen LogP contribution in [0, 0.1) is 11.3 Å². The third-order valence-corrected chi connectivity index (χ3v) is 5.25. The number of aromatic amines is 1. The highest BCUT2D eigenvalue weighted by molar-refractivity contribution is 7.23. The molecule has 116 valence electrons. The van der Waals surface area contributed by atoms with Crippen molar-refractivity contribution >= 4 is 49.8 Å². The van der Waals surface area contributed by atoms with Crippen LogP contribution in [0.4, 0.5) is 0 Å². The minimum atomic E-state index is -1.02. The van der Waals surface area contributed by atoms with Crippen molar-refractivity contribution in [1.29, 1.82) is 5.26 Å². The summed E-state index contributed by atoms with van der Waals surface area (Å²) in [5, 5.41) is 10.3. The summed E-state index contributed by atoms with van der Waals surface area (Å²) < 4.78 is 1.32. The molecule has 6 heteroatoms. The topological polar surface area (TPSA) is 69.5 Å². The molecule has 0 aliphatic heterocycles. The maximum atomic E-state index is 13.0. The standard InChI is InChI=1S/C18H10ClN3OS/c19-17-15(10-5-1-4-8-14(10)24-17)16(23)11(9-20)18-21-12-6-2-3-7-13(12)22-18/h1-8,11H,(H,21,22). The van der Waals surface area contributed by atoms with E-state index >= 15 is 0 Å². The third-order valence-electron chi connectivity index (χ3n) is 3.87. The predicted octanol–water partition coefficient (Wildman–Crippen LogP) is 4.92. The highest BCUT2D eigenvalue weighted by atomic mass is 35.5. The second-order valence-corrected chi connectivity index (χ2v) is 6.97. The molecule has 4 rings (SSSR count). The van der Waals surface area contributed by atoms with Crippen LogP contribution in [-0.2, 0) is 0 Å². The molecule has 2 heterocycles. The lowest BCUT2D eigenvalue weighted by atomic mass is 9.98. The number of halogens is 1. The second kappa shape index (κ2) is 5.75. The summed E-state index contributed by atoms with van der Waals surface area (Å²) in [5.41, 5.74) is 1.91. The van der Waals surface area contributed by atoms with Gasteiger partial charge in [0.05, 0.1) is 22.7 Å². The number of imidazole rings is 1. The van der Waals surface area contributed by atoms with E-state index in [-0.39, 0.29) is 5.78 Å². The van der Waals surface area contributed by atoms with E-state index in [1.807, 2.05) is 48.5 Å². The Morgan fingerprint density at radius 1 is 1.21 bits per heavy atom. The van der Waals surface area contributed by atoms with Crippen molar-refractivity contribution in [1.82, 2.24) is 9.97 Å². The number of hydrogen-bond donors (Lipinski definition) is 1. The monoisotopic (exact) mass is 351 g/mol. The Morgan fingerprint density at radius 3 is 2.75 bits per heavy atom. The smallest absolute Gasteiger partial charge is 0.190 e. The molecule has 0 aliphatic carbocycles. The van der Waals surface area contributed by atoms with Gasteiger partial charge in [-0.2, -0.15) is 5.26 Å². The predicted molar refractivity (Wildman–Crippen MR) is 95.6 cm³/mol. The molecule has 0 spiro atoms. The molecule has 1 unspecified atom stereocenters. The summed E-state index contributed by atoms with van der Waals surface area (Å²) >= 11 is 7.63. The number of para-hydroxylation sites is 2. The normalized spacial score (nSPS) is 12.3. The quantitative estimate of drug-likeness (QED) is 0.532. The fraction of sp³-hybridized carbons (Fsp3) is 0.0556. The van der Waals surface area contributed by atoms with Crippen LogP contribution >= 0.6 is 22.9 Å². The maximum Gasteiger partial charge on any atom is 0.190 e. The van der Waals surface area contributed by atoms with Crippen LogP contribution in [0.2, 0.25) is 4.34 Å². The minimum absolute atomic E-state index is 0.334. The summed E-state index contributed by atoms with van der Waals surface area (Å²) in [7, 11) is 0. The third kappa shape index (κ3) is 2.28. The Hall–Kier alpha value is -2.68. The van der Waals surface area contributed by atoms with Gasteiger partial charge in [0.1, 0.15) is 10.2 Å². The van der Waals surface area contributed by atoms with Gasteiger partial charge in [-0.05, 0) is 18.2 Å². The van der Waals surface area contributed by atoms with Crippen LogP contribution in [0.1, 0.15) is 22.1 Å². The molecule has 24 heavy (non-hydrogen) atoms. The molecular formula is C18H10ClN3OS. The Bertz CT molecular complexity index is 1090. The first-order chi connectivity index (χ1) is 11.7. The molecule has 4 aromatic rings. The largest absolute Gasteiger partial charge is 0.340 e. The number of fused-ring (bicyclic) bond motifs is 2. The van der Waals surface area contributed by atoms with Crippen molar-refractivity contribution in [2.24, 2.45) is 0 Å². The zero-order valence-corrected chi connectivity index (χ0v) is 13.9. The molecule has 1 N–H and O–H groups in total. The van der Waals surface area contributed by atoms with Gasteiger partial charge in [0.15, 0.2) is 11.7 Å². The Kier molecular flexibility index (Phi) is 3.57. The number of carbonyl (C=O) groups excluding carboxylic acids is 1. The van der Waals surface area contributed by atoms with E-state index in [4.69, 9.17) is 11.6 Å². The van der Waals surface area contributed by atoms with Gasteiger partial charge in [0.25, 0.3) is 0 Å².